The van der Waals surface area contributed by atoms with Gasteiger partial charge in [-0.1, -0.05) is 13.0 Å². The van der Waals surface area contributed by atoms with Crippen molar-refractivity contribution in [3.63, 3.8) is 0 Å². The first-order valence-corrected chi connectivity index (χ1v) is 5.34. The molecule has 4 heteroatoms. The van der Waals surface area contributed by atoms with Gasteiger partial charge in [-0.15, -0.1) is 0 Å². The molecule has 0 aliphatic heterocycles. The fourth-order valence-electron chi connectivity index (χ4n) is 1.34. The topological polar surface area (TPSA) is 66.4 Å². The molecule has 0 radical (unpaired) electrons. The highest BCUT2D eigenvalue weighted by Gasteiger charge is 2.02. The van der Waals surface area contributed by atoms with Gasteiger partial charge < -0.3 is 10.4 Å². The third-order valence-corrected chi connectivity index (χ3v) is 2.26. The summed E-state index contributed by atoms with van der Waals surface area (Å²) in [6.45, 7) is 3.65. The molecule has 90 valence electrons. The van der Waals surface area contributed by atoms with E-state index in [2.05, 4.69) is 5.32 Å². The predicted octanol–water partition coefficient (Wildman–Crippen LogP) is 2.44. The second kappa shape index (κ2) is 5.84. The molecule has 1 amide bonds. The van der Waals surface area contributed by atoms with Gasteiger partial charge in [0, 0.05) is 18.2 Å². The average molecular weight is 233 g/mol. The Balaban J connectivity index is 2.86. The Morgan fingerprint density at radius 3 is 2.65 bits per heavy atom. The van der Waals surface area contributed by atoms with E-state index in [1.54, 1.807) is 19.1 Å². The molecule has 0 saturated carbocycles. The van der Waals surface area contributed by atoms with Gasteiger partial charge in [0.25, 0.3) is 0 Å². The van der Waals surface area contributed by atoms with Crippen LogP contribution in [0.15, 0.2) is 24.3 Å². The lowest BCUT2D eigenvalue weighted by molar-refractivity contribution is -0.131. The van der Waals surface area contributed by atoms with Crippen LogP contribution in [0.3, 0.4) is 0 Å². The van der Waals surface area contributed by atoms with Gasteiger partial charge in [0.05, 0.1) is 0 Å². The van der Waals surface area contributed by atoms with E-state index in [0.717, 1.165) is 22.9 Å². The Morgan fingerprint density at radius 1 is 1.41 bits per heavy atom. The van der Waals surface area contributed by atoms with E-state index in [4.69, 9.17) is 5.11 Å². The van der Waals surface area contributed by atoms with E-state index >= 15 is 0 Å². The van der Waals surface area contributed by atoms with Crippen LogP contribution in [-0.2, 0) is 9.59 Å². The van der Waals surface area contributed by atoms with Crippen molar-refractivity contribution in [2.45, 2.75) is 20.3 Å². The number of benzene rings is 1. The number of amides is 1. The number of aryl methyl sites for hydroxylation is 1. The molecule has 0 bridgehead atoms. The van der Waals surface area contributed by atoms with Crippen LogP contribution in [-0.4, -0.2) is 17.0 Å². The first kappa shape index (κ1) is 13.0. The van der Waals surface area contributed by atoms with E-state index in [-0.39, 0.29) is 5.91 Å². The quantitative estimate of drug-likeness (QED) is 0.785. The minimum absolute atomic E-state index is 0.0399. The van der Waals surface area contributed by atoms with E-state index in [1.165, 1.54) is 6.08 Å². The first-order chi connectivity index (χ1) is 8.02. The van der Waals surface area contributed by atoms with Gasteiger partial charge >= 0.3 is 5.97 Å². The number of rotatable bonds is 4. The number of aliphatic carboxylic acids is 1. The zero-order valence-corrected chi connectivity index (χ0v) is 9.86. The summed E-state index contributed by atoms with van der Waals surface area (Å²) in [6, 6.07) is 5.35. The molecule has 1 aromatic rings. The predicted molar refractivity (Wildman–Crippen MR) is 66.8 cm³/mol. The number of nitrogens with one attached hydrogen (secondary N) is 1. The molecule has 0 fully saturated rings. The van der Waals surface area contributed by atoms with Crippen LogP contribution in [0.5, 0.6) is 0 Å². The highest BCUT2D eigenvalue weighted by molar-refractivity contribution is 5.91. The molecule has 17 heavy (non-hydrogen) atoms. The summed E-state index contributed by atoms with van der Waals surface area (Å²) in [7, 11) is 0. The van der Waals surface area contributed by atoms with E-state index in [0.29, 0.717) is 6.42 Å². The van der Waals surface area contributed by atoms with Crippen LogP contribution < -0.4 is 5.32 Å². The summed E-state index contributed by atoms with van der Waals surface area (Å²) in [5.74, 6) is -1.02. The standard InChI is InChI=1S/C13H15NO3/c1-3-12(15)14-11-6-4-10(8-9(11)2)5-7-13(16)17/h4-8H,3H2,1-2H3,(H,14,15)(H,16,17)/b7-5+. The normalized spacial score (nSPS) is 10.5. The largest absolute Gasteiger partial charge is 0.478 e. The number of hydrogen-bond acceptors (Lipinski definition) is 2. The Bertz CT molecular complexity index is 464. The third kappa shape index (κ3) is 4.10. The number of anilines is 1. The van der Waals surface area contributed by atoms with Crippen molar-refractivity contribution in [3.05, 3.63) is 35.4 Å². The van der Waals surface area contributed by atoms with Crippen LogP contribution in [0.2, 0.25) is 0 Å². The molecule has 0 atom stereocenters. The maximum absolute atomic E-state index is 11.2. The van der Waals surface area contributed by atoms with Crippen LogP contribution >= 0.6 is 0 Å². The van der Waals surface area contributed by atoms with Crippen molar-refractivity contribution >= 4 is 23.6 Å². The summed E-state index contributed by atoms with van der Waals surface area (Å²) in [5, 5.41) is 11.3. The molecule has 1 aromatic carbocycles. The molecule has 0 aromatic heterocycles. The SMILES string of the molecule is CCC(=O)Nc1ccc(/C=C/C(=O)O)cc1C. The van der Waals surface area contributed by atoms with Gasteiger partial charge in [-0.2, -0.15) is 0 Å². The molecule has 1 rings (SSSR count). The molecule has 0 heterocycles. The zero-order chi connectivity index (χ0) is 12.8. The zero-order valence-electron chi connectivity index (χ0n) is 9.86. The van der Waals surface area contributed by atoms with E-state index in [1.807, 2.05) is 13.0 Å². The molecule has 0 aliphatic carbocycles. The molecule has 2 N–H and O–H groups in total. The van der Waals surface area contributed by atoms with Crippen molar-refractivity contribution in [2.24, 2.45) is 0 Å². The maximum Gasteiger partial charge on any atom is 0.328 e. The van der Waals surface area contributed by atoms with Crippen molar-refractivity contribution in [3.8, 4) is 0 Å². The molecule has 0 spiro atoms. The lowest BCUT2D eigenvalue weighted by Crippen LogP contribution is -2.10. The lowest BCUT2D eigenvalue weighted by atomic mass is 10.1. The van der Waals surface area contributed by atoms with Crippen molar-refractivity contribution in [1.82, 2.24) is 0 Å². The summed E-state index contributed by atoms with van der Waals surface area (Å²) in [4.78, 5) is 21.6. The number of hydrogen-bond donors (Lipinski definition) is 2. The van der Waals surface area contributed by atoms with Crippen LogP contribution in [0.25, 0.3) is 6.08 Å². The number of carbonyl (C=O) groups is 2. The number of carboxylic acid groups (broad SMARTS) is 1. The van der Waals surface area contributed by atoms with Gasteiger partial charge in [0.2, 0.25) is 5.91 Å². The smallest absolute Gasteiger partial charge is 0.328 e. The summed E-state index contributed by atoms with van der Waals surface area (Å²) >= 11 is 0. The lowest BCUT2D eigenvalue weighted by Gasteiger charge is -2.07. The maximum atomic E-state index is 11.2. The summed E-state index contributed by atoms with van der Waals surface area (Å²) in [5.41, 5.74) is 2.45. The molecular weight excluding hydrogens is 218 g/mol. The van der Waals surface area contributed by atoms with E-state index < -0.39 is 5.97 Å². The Kier molecular flexibility index (Phi) is 4.46. The first-order valence-electron chi connectivity index (χ1n) is 5.34. The van der Waals surface area contributed by atoms with Gasteiger partial charge in [0.1, 0.15) is 0 Å². The summed E-state index contributed by atoms with van der Waals surface area (Å²) < 4.78 is 0. The monoisotopic (exact) mass is 233 g/mol. The Labute approximate surface area is 100.0 Å². The highest BCUT2D eigenvalue weighted by atomic mass is 16.4. The Morgan fingerprint density at radius 2 is 2.12 bits per heavy atom. The number of carboxylic acids is 1. The van der Waals surface area contributed by atoms with Gasteiger partial charge in [0.15, 0.2) is 0 Å². The van der Waals surface area contributed by atoms with Gasteiger partial charge in [-0.25, -0.2) is 4.79 Å². The van der Waals surface area contributed by atoms with Crippen molar-refractivity contribution in [2.75, 3.05) is 5.32 Å². The molecular formula is C13H15NO3. The van der Waals surface area contributed by atoms with Crippen molar-refractivity contribution < 1.29 is 14.7 Å². The van der Waals surface area contributed by atoms with Gasteiger partial charge in [-0.3, -0.25) is 4.79 Å². The minimum atomic E-state index is -0.981. The second-order valence-corrected chi connectivity index (χ2v) is 3.65. The van der Waals surface area contributed by atoms with Crippen LogP contribution in [0.1, 0.15) is 24.5 Å². The van der Waals surface area contributed by atoms with Crippen LogP contribution in [0, 0.1) is 6.92 Å². The summed E-state index contributed by atoms with van der Waals surface area (Å²) in [6.07, 6.45) is 3.03. The molecule has 0 unspecified atom stereocenters. The van der Waals surface area contributed by atoms with Gasteiger partial charge in [-0.05, 0) is 36.3 Å². The highest BCUT2D eigenvalue weighted by Crippen LogP contribution is 2.17. The third-order valence-electron chi connectivity index (χ3n) is 2.26. The fourth-order valence-corrected chi connectivity index (χ4v) is 1.34. The molecule has 0 saturated heterocycles. The van der Waals surface area contributed by atoms with Crippen LogP contribution in [0.4, 0.5) is 5.69 Å². The molecule has 4 nitrogen and oxygen atoms in total. The van der Waals surface area contributed by atoms with E-state index in [9.17, 15) is 9.59 Å². The molecule has 0 aliphatic rings. The number of carbonyl (C=O) groups excluding carboxylic acids is 1. The average Bonchev–Trinajstić information content (AvgIpc) is 2.29. The second-order valence-electron chi connectivity index (χ2n) is 3.65. The minimum Gasteiger partial charge on any atom is -0.478 e. The Hall–Kier alpha value is -2.10. The van der Waals surface area contributed by atoms with Crippen molar-refractivity contribution in [1.29, 1.82) is 0 Å². The fraction of sp³-hybridized carbons (Fsp3) is 0.231.